The lowest BCUT2D eigenvalue weighted by molar-refractivity contribution is -0.131. The van der Waals surface area contributed by atoms with Crippen LogP contribution in [0.4, 0.5) is 0 Å². The van der Waals surface area contributed by atoms with E-state index in [4.69, 9.17) is 0 Å². The first-order chi connectivity index (χ1) is 12.4. The van der Waals surface area contributed by atoms with E-state index in [1.165, 1.54) is 11.3 Å². The first-order valence-electron chi connectivity index (χ1n) is 8.95. The van der Waals surface area contributed by atoms with E-state index >= 15 is 0 Å². The van der Waals surface area contributed by atoms with Gasteiger partial charge in [-0.15, -0.1) is 11.3 Å². The van der Waals surface area contributed by atoms with Gasteiger partial charge in [-0.1, -0.05) is 30.3 Å². The summed E-state index contributed by atoms with van der Waals surface area (Å²) in [4.78, 5) is 33.9. The number of aryl methyl sites for hydroxylation is 2. The second kappa shape index (κ2) is 7.99. The number of hydrogen-bond acceptors (Lipinski definition) is 4. The zero-order chi connectivity index (χ0) is 18.7. The van der Waals surface area contributed by atoms with Gasteiger partial charge in [0.25, 0.3) is 5.91 Å². The molecule has 1 aliphatic rings. The number of nitrogens with zero attached hydrogens (tertiary/aromatic N) is 3. The second-order valence-electron chi connectivity index (χ2n) is 6.99. The number of likely N-dealkylation sites (tertiary alicyclic amines) is 1. The van der Waals surface area contributed by atoms with Crippen molar-refractivity contribution in [1.82, 2.24) is 14.8 Å². The molecule has 2 aromatic rings. The minimum absolute atomic E-state index is 0.0562. The number of carbonyl (C=O) groups is 2. The summed E-state index contributed by atoms with van der Waals surface area (Å²) in [5.74, 6) is 0.428. The quantitative estimate of drug-likeness (QED) is 0.811. The number of benzene rings is 1. The number of amides is 2. The molecule has 2 heterocycles. The summed E-state index contributed by atoms with van der Waals surface area (Å²) in [5, 5.41) is 0.916. The van der Waals surface area contributed by atoms with Gasteiger partial charge in [-0.25, -0.2) is 4.98 Å². The maximum atomic E-state index is 12.7. The van der Waals surface area contributed by atoms with Gasteiger partial charge in [-0.05, 0) is 31.7 Å². The third-order valence-corrected chi connectivity index (χ3v) is 5.88. The molecule has 1 aliphatic heterocycles. The van der Waals surface area contributed by atoms with Gasteiger partial charge in [0, 0.05) is 33.1 Å². The Morgan fingerprint density at radius 2 is 2.00 bits per heavy atom. The smallest absolute Gasteiger partial charge is 0.265 e. The Bertz CT molecular complexity index is 788. The van der Waals surface area contributed by atoms with Gasteiger partial charge < -0.3 is 9.80 Å². The maximum absolute atomic E-state index is 12.7. The van der Waals surface area contributed by atoms with Crippen LogP contribution in [0, 0.1) is 19.8 Å². The Hall–Kier alpha value is -2.21. The first kappa shape index (κ1) is 18.6. The monoisotopic (exact) mass is 371 g/mol. The number of thiazole rings is 1. The number of aromatic nitrogens is 1. The Balaban J connectivity index is 1.53. The Morgan fingerprint density at radius 3 is 2.65 bits per heavy atom. The molecule has 2 amide bonds. The second-order valence-corrected chi connectivity index (χ2v) is 8.20. The van der Waals surface area contributed by atoms with Gasteiger partial charge in [0.05, 0.1) is 10.7 Å². The van der Waals surface area contributed by atoms with Gasteiger partial charge >= 0.3 is 0 Å². The minimum Gasteiger partial charge on any atom is -0.341 e. The molecule has 0 N–H and O–H groups in total. The molecule has 1 aromatic carbocycles. The van der Waals surface area contributed by atoms with Crippen molar-refractivity contribution in [3.63, 3.8) is 0 Å². The third kappa shape index (κ3) is 4.30. The third-order valence-electron chi connectivity index (χ3n) is 4.82. The molecule has 0 spiro atoms. The lowest BCUT2D eigenvalue weighted by Crippen LogP contribution is -2.31. The Kier molecular flexibility index (Phi) is 5.71. The molecule has 1 fully saturated rings. The molecule has 6 heteroatoms. The molecule has 0 bridgehead atoms. The normalized spacial score (nSPS) is 16.7. The Labute approximate surface area is 158 Å². The fraction of sp³-hybridized carbons (Fsp3) is 0.450. The molecule has 1 aromatic heterocycles. The van der Waals surface area contributed by atoms with Crippen LogP contribution in [0.1, 0.15) is 38.8 Å². The molecular weight excluding hydrogens is 346 g/mol. The Morgan fingerprint density at radius 1 is 1.27 bits per heavy atom. The van der Waals surface area contributed by atoms with E-state index in [1.54, 1.807) is 4.90 Å². The van der Waals surface area contributed by atoms with E-state index in [0.717, 1.165) is 34.1 Å². The summed E-state index contributed by atoms with van der Waals surface area (Å²) in [5.41, 5.74) is 1.93. The molecule has 0 saturated carbocycles. The predicted octanol–water partition coefficient (Wildman–Crippen LogP) is 3.27. The molecule has 5 nitrogen and oxygen atoms in total. The molecule has 26 heavy (non-hydrogen) atoms. The summed E-state index contributed by atoms with van der Waals surface area (Å²) >= 11 is 1.45. The van der Waals surface area contributed by atoms with Crippen LogP contribution in [0.15, 0.2) is 30.3 Å². The van der Waals surface area contributed by atoms with E-state index in [1.807, 2.05) is 56.1 Å². The van der Waals surface area contributed by atoms with Gasteiger partial charge in [-0.3, -0.25) is 9.59 Å². The standard InChI is InChI=1S/C20H25N3O2S/c1-14-19(26-15(2)21-14)20(25)23-10-9-17(13-23)11-18(24)22(3)12-16-7-5-4-6-8-16/h4-8,17H,9-13H2,1-3H3. The summed E-state index contributed by atoms with van der Waals surface area (Å²) < 4.78 is 0. The molecule has 1 unspecified atom stereocenters. The summed E-state index contributed by atoms with van der Waals surface area (Å²) in [6.45, 7) is 5.79. The highest BCUT2D eigenvalue weighted by atomic mass is 32.1. The van der Waals surface area contributed by atoms with E-state index in [-0.39, 0.29) is 17.7 Å². The van der Waals surface area contributed by atoms with Crippen LogP contribution in [0.3, 0.4) is 0 Å². The average molecular weight is 372 g/mol. The lowest BCUT2D eigenvalue weighted by atomic mass is 10.0. The van der Waals surface area contributed by atoms with Gasteiger partial charge in [0.2, 0.25) is 5.91 Å². The number of carbonyl (C=O) groups excluding carboxylic acids is 2. The van der Waals surface area contributed by atoms with Gasteiger partial charge in [0.1, 0.15) is 4.88 Å². The molecule has 3 rings (SSSR count). The van der Waals surface area contributed by atoms with Crippen molar-refractivity contribution in [1.29, 1.82) is 0 Å². The highest BCUT2D eigenvalue weighted by Gasteiger charge is 2.30. The van der Waals surface area contributed by atoms with Crippen LogP contribution >= 0.6 is 11.3 Å². The van der Waals surface area contributed by atoms with Crippen LogP contribution in [-0.4, -0.2) is 46.7 Å². The molecule has 1 atom stereocenters. The highest BCUT2D eigenvalue weighted by Crippen LogP contribution is 2.25. The predicted molar refractivity (Wildman–Crippen MR) is 103 cm³/mol. The summed E-state index contributed by atoms with van der Waals surface area (Å²) in [7, 11) is 1.84. The van der Waals surface area contributed by atoms with Crippen molar-refractivity contribution in [2.24, 2.45) is 5.92 Å². The van der Waals surface area contributed by atoms with Crippen LogP contribution in [0.5, 0.6) is 0 Å². The van der Waals surface area contributed by atoms with Gasteiger partial charge in [-0.2, -0.15) is 0 Å². The fourth-order valence-corrected chi connectivity index (χ4v) is 4.29. The molecule has 0 radical (unpaired) electrons. The highest BCUT2D eigenvalue weighted by molar-refractivity contribution is 7.13. The molecule has 138 valence electrons. The van der Waals surface area contributed by atoms with Crippen molar-refractivity contribution in [3.05, 3.63) is 51.5 Å². The average Bonchev–Trinajstić information content (AvgIpc) is 3.21. The van der Waals surface area contributed by atoms with Crippen LogP contribution in [0.25, 0.3) is 0 Å². The van der Waals surface area contributed by atoms with Gasteiger partial charge in [0.15, 0.2) is 0 Å². The van der Waals surface area contributed by atoms with Crippen molar-refractivity contribution >= 4 is 23.2 Å². The van der Waals surface area contributed by atoms with E-state index in [9.17, 15) is 9.59 Å². The minimum atomic E-state index is 0.0562. The first-order valence-corrected chi connectivity index (χ1v) is 9.77. The fourth-order valence-electron chi connectivity index (χ4n) is 3.41. The SMILES string of the molecule is Cc1nc(C)c(C(=O)N2CCC(CC(=O)N(C)Cc3ccccc3)C2)s1. The number of rotatable bonds is 5. The van der Waals surface area contributed by atoms with Crippen LogP contribution in [0.2, 0.25) is 0 Å². The van der Waals surface area contributed by atoms with E-state index in [2.05, 4.69) is 4.98 Å². The number of hydrogen-bond donors (Lipinski definition) is 0. The van der Waals surface area contributed by atoms with E-state index < -0.39 is 0 Å². The van der Waals surface area contributed by atoms with Crippen LogP contribution in [-0.2, 0) is 11.3 Å². The molecule has 0 aliphatic carbocycles. The maximum Gasteiger partial charge on any atom is 0.265 e. The zero-order valence-corrected chi connectivity index (χ0v) is 16.4. The zero-order valence-electron chi connectivity index (χ0n) is 15.6. The largest absolute Gasteiger partial charge is 0.341 e. The van der Waals surface area contributed by atoms with Crippen LogP contribution < -0.4 is 0 Å². The van der Waals surface area contributed by atoms with Crippen molar-refractivity contribution in [3.8, 4) is 0 Å². The summed E-state index contributed by atoms with van der Waals surface area (Å²) in [6, 6.07) is 9.99. The molecule has 1 saturated heterocycles. The lowest BCUT2D eigenvalue weighted by Gasteiger charge is -2.20. The molecular formula is C20H25N3O2S. The van der Waals surface area contributed by atoms with Crippen molar-refractivity contribution < 1.29 is 9.59 Å². The van der Waals surface area contributed by atoms with Crippen molar-refractivity contribution in [2.75, 3.05) is 20.1 Å². The van der Waals surface area contributed by atoms with E-state index in [0.29, 0.717) is 19.5 Å². The topological polar surface area (TPSA) is 53.5 Å². The summed E-state index contributed by atoms with van der Waals surface area (Å²) in [6.07, 6.45) is 1.38. The van der Waals surface area contributed by atoms with Crippen molar-refractivity contribution in [2.45, 2.75) is 33.2 Å².